The van der Waals surface area contributed by atoms with Gasteiger partial charge in [-0.1, -0.05) is 31.5 Å². The summed E-state index contributed by atoms with van der Waals surface area (Å²) in [5, 5.41) is 0. The molecule has 1 aliphatic rings. The molecule has 1 aliphatic heterocycles. The van der Waals surface area contributed by atoms with Crippen molar-refractivity contribution in [3.63, 3.8) is 0 Å². The van der Waals surface area contributed by atoms with Crippen LogP contribution in [0.1, 0.15) is 38.3 Å². The topological polar surface area (TPSA) is 20.3 Å². The normalized spacial score (nSPS) is 18.2. The van der Waals surface area contributed by atoms with E-state index in [4.69, 9.17) is 0 Å². The van der Waals surface area contributed by atoms with Gasteiger partial charge in [-0.2, -0.15) is 0 Å². The number of amides is 1. The Hall–Kier alpha value is -1.31. The molecule has 0 N–H and O–H groups in total. The second-order valence-electron chi connectivity index (χ2n) is 4.03. The molecule has 0 radical (unpaired) electrons. The molecule has 1 heterocycles. The molecule has 0 spiro atoms. The first kappa shape index (κ1) is 12.8. The molecule has 1 unspecified atom stereocenters. The van der Waals surface area contributed by atoms with E-state index in [-0.39, 0.29) is 0 Å². The number of anilines is 1. The fraction of sp³-hybridized carbons (Fsp3) is 0.500. The number of hydrogen-bond donors (Lipinski definition) is 0. The highest BCUT2D eigenvalue weighted by Crippen LogP contribution is 2.29. The first-order chi connectivity index (χ1) is 7.72. The molecule has 88 valence electrons. The van der Waals surface area contributed by atoms with Gasteiger partial charge in [-0.25, -0.2) is 0 Å². The third-order valence-electron chi connectivity index (χ3n) is 2.93. The molecule has 1 aromatic carbocycles. The average Bonchev–Trinajstić information content (AvgIpc) is 2.32. The van der Waals surface area contributed by atoms with Gasteiger partial charge in [0.2, 0.25) is 6.41 Å². The lowest BCUT2D eigenvalue weighted by Crippen LogP contribution is -2.35. The highest BCUT2D eigenvalue weighted by Gasteiger charge is 2.21. The lowest BCUT2D eigenvalue weighted by atomic mass is 9.96. The Kier molecular flexibility index (Phi) is 4.53. The second kappa shape index (κ2) is 5.69. The predicted molar refractivity (Wildman–Crippen MR) is 68.9 cm³/mol. The van der Waals surface area contributed by atoms with E-state index in [0.29, 0.717) is 6.04 Å². The van der Waals surface area contributed by atoms with Crippen LogP contribution in [0.25, 0.3) is 0 Å². The standard InChI is InChI=1S/C12H15NO.C2H6/c1-9-3-6-12-11(7-9)5-4-10(2)13(12)8-14;1-2/h3,6-8,10H,4-5H2,1-2H3;1-2H3. The van der Waals surface area contributed by atoms with E-state index in [0.717, 1.165) is 24.9 Å². The maximum absolute atomic E-state index is 10.9. The maximum atomic E-state index is 10.9. The van der Waals surface area contributed by atoms with Crippen LogP contribution in [0.3, 0.4) is 0 Å². The summed E-state index contributed by atoms with van der Waals surface area (Å²) in [5.74, 6) is 0. The molecular weight excluding hydrogens is 198 g/mol. The minimum Gasteiger partial charge on any atom is -0.312 e. The van der Waals surface area contributed by atoms with Crippen molar-refractivity contribution in [1.82, 2.24) is 0 Å². The van der Waals surface area contributed by atoms with Crippen molar-refractivity contribution in [2.75, 3.05) is 4.90 Å². The van der Waals surface area contributed by atoms with Gasteiger partial charge >= 0.3 is 0 Å². The molecule has 16 heavy (non-hydrogen) atoms. The smallest absolute Gasteiger partial charge is 0.214 e. The van der Waals surface area contributed by atoms with Crippen LogP contribution in [0.2, 0.25) is 0 Å². The van der Waals surface area contributed by atoms with Gasteiger partial charge in [0.05, 0.1) is 0 Å². The van der Waals surface area contributed by atoms with E-state index in [1.54, 1.807) is 0 Å². The summed E-state index contributed by atoms with van der Waals surface area (Å²) < 4.78 is 0. The molecule has 0 bridgehead atoms. The van der Waals surface area contributed by atoms with Gasteiger partial charge in [0.15, 0.2) is 0 Å². The molecule has 1 amide bonds. The van der Waals surface area contributed by atoms with Crippen molar-refractivity contribution in [3.05, 3.63) is 29.3 Å². The van der Waals surface area contributed by atoms with E-state index < -0.39 is 0 Å². The third-order valence-corrected chi connectivity index (χ3v) is 2.93. The van der Waals surface area contributed by atoms with Crippen LogP contribution in [-0.2, 0) is 11.2 Å². The summed E-state index contributed by atoms with van der Waals surface area (Å²) in [6, 6.07) is 6.63. The molecule has 0 aromatic heterocycles. The lowest BCUT2D eigenvalue weighted by Gasteiger charge is -2.32. The molecule has 0 fully saturated rings. The summed E-state index contributed by atoms with van der Waals surface area (Å²) in [6.45, 7) is 8.18. The van der Waals surface area contributed by atoms with Gasteiger partial charge in [0.25, 0.3) is 0 Å². The predicted octanol–water partition coefficient (Wildman–Crippen LogP) is 3.32. The van der Waals surface area contributed by atoms with Crippen molar-refractivity contribution >= 4 is 12.1 Å². The number of hydrogen-bond acceptors (Lipinski definition) is 1. The molecule has 0 saturated heterocycles. The van der Waals surface area contributed by atoms with E-state index in [1.165, 1.54) is 11.1 Å². The molecule has 2 nitrogen and oxygen atoms in total. The Morgan fingerprint density at radius 1 is 1.38 bits per heavy atom. The number of rotatable bonds is 1. The van der Waals surface area contributed by atoms with Crippen LogP contribution < -0.4 is 4.90 Å². The summed E-state index contributed by atoms with van der Waals surface area (Å²) in [4.78, 5) is 12.8. The lowest BCUT2D eigenvalue weighted by molar-refractivity contribution is -0.107. The number of fused-ring (bicyclic) bond motifs is 1. The van der Waals surface area contributed by atoms with Gasteiger partial charge in [-0.05, 0) is 38.3 Å². The number of carbonyl (C=O) groups excluding carboxylic acids is 1. The fourth-order valence-corrected chi connectivity index (χ4v) is 2.07. The van der Waals surface area contributed by atoms with Crippen LogP contribution >= 0.6 is 0 Å². The molecule has 0 aliphatic carbocycles. The van der Waals surface area contributed by atoms with Crippen molar-refractivity contribution in [1.29, 1.82) is 0 Å². The van der Waals surface area contributed by atoms with Crippen molar-refractivity contribution in [2.45, 2.75) is 46.6 Å². The summed E-state index contributed by atoms with van der Waals surface area (Å²) >= 11 is 0. The van der Waals surface area contributed by atoms with Crippen LogP contribution in [0.15, 0.2) is 18.2 Å². The minimum absolute atomic E-state index is 0.336. The van der Waals surface area contributed by atoms with E-state index >= 15 is 0 Å². The quantitative estimate of drug-likeness (QED) is 0.663. The van der Waals surface area contributed by atoms with E-state index in [9.17, 15) is 4.79 Å². The zero-order valence-corrected chi connectivity index (χ0v) is 10.7. The molecule has 0 saturated carbocycles. The van der Waals surface area contributed by atoms with Crippen LogP contribution in [0.4, 0.5) is 5.69 Å². The summed E-state index contributed by atoms with van der Waals surface area (Å²) in [5.41, 5.74) is 3.66. The Labute approximate surface area is 98.3 Å². The van der Waals surface area contributed by atoms with Gasteiger partial charge in [-0.15, -0.1) is 0 Å². The molecular formula is C14H21NO. The maximum Gasteiger partial charge on any atom is 0.214 e. The zero-order chi connectivity index (χ0) is 12.1. The van der Waals surface area contributed by atoms with Gasteiger partial charge in [0, 0.05) is 11.7 Å². The fourth-order valence-electron chi connectivity index (χ4n) is 2.07. The highest BCUT2D eigenvalue weighted by molar-refractivity contribution is 5.79. The van der Waals surface area contributed by atoms with Crippen molar-refractivity contribution < 1.29 is 4.79 Å². The SMILES string of the molecule is CC.Cc1ccc2c(c1)CCC(C)N2C=O. The average molecular weight is 219 g/mol. The van der Waals surface area contributed by atoms with Crippen molar-refractivity contribution in [2.24, 2.45) is 0 Å². The van der Waals surface area contributed by atoms with Crippen molar-refractivity contribution in [3.8, 4) is 0 Å². The Bertz CT molecular complexity index is 360. The molecule has 2 rings (SSSR count). The third kappa shape index (κ3) is 2.43. The Balaban J connectivity index is 0.000000606. The number of aryl methyl sites for hydroxylation is 2. The largest absolute Gasteiger partial charge is 0.312 e. The second-order valence-corrected chi connectivity index (χ2v) is 4.03. The summed E-state index contributed by atoms with van der Waals surface area (Å²) in [6.07, 6.45) is 3.09. The molecule has 2 heteroatoms. The van der Waals surface area contributed by atoms with E-state index in [1.807, 2.05) is 18.7 Å². The van der Waals surface area contributed by atoms with Gasteiger partial charge in [-0.3, -0.25) is 4.79 Å². The monoisotopic (exact) mass is 219 g/mol. The zero-order valence-electron chi connectivity index (χ0n) is 10.7. The number of carbonyl (C=O) groups is 1. The molecule has 1 atom stereocenters. The van der Waals surface area contributed by atoms with Gasteiger partial charge < -0.3 is 4.90 Å². The van der Waals surface area contributed by atoms with Crippen LogP contribution in [0.5, 0.6) is 0 Å². The highest BCUT2D eigenvalue weighted by atomic mass is 16.1. The first-order valence-electron chi connectivity index (χ1n) is 6.05. The first-order valence-corrected chi connectivity index (χ1v) is 6.05. The minimum atomic E-state index is 0.336. The van der Waals surface area contributed by atoms with Crippen LogP contribution in [0, 0.1) is 6.92 Å². The van der Waals surface area contributed by atoms with Crippen LogP contribution in [-0.4, -0.2) is 12.5 Å². The number of nitrogens with zero attached hydrogens (tertiary/aromatic N) is 1. The van der Waals surface area contributed by atoms with Gasteiger partial charge in [0.1, 0.15) is 0 Å². The Morgan fingerprint density at radius 2 is 2.06 bits per heavy atom. The number of benzene rings is 1. The van der Waals surface area contributed by atoms with E-state index in [2.05, 4.69) is 32.0 Å². The summed E-state index contributed by atoms with van der Waals surface area (Å²) in [7, 11) is 0. The molecule has 1 aromatic rings. The Morgan fingerprint density at radius 3 is 2.69 bits per heavy atom.